The number of carbonyl (C=O) groups excluding carboxylic acids is 1. The fourth-order valence-corrected chi connectivity index (χ4v) is 1.95. The second-order valence-corrected chi connectivity index (χ2v) is 5.07. The summed E-state index contributed by atoms with van der Waals surface area (Å²) in [6.07, 6.45) is 2.26. The minimum atomic E-state index is -0.672. The highest BCUT2D eigenvalue weighted by molar-refractivity contribution is 5.80. The highest BCUT2D eigenvalue weighted by Crippen LogP contribution is 2.17. The lowest BCUT2D eigenvalue weighted by Gasteiger charge is -2.26. The maximum Gasteiger partial charge on any atom is 0.326 e. The minimum Gasteiger partial charge on any atom is -0.493 e. The van der Waals surface area contributed by atoms with E-state index >= 15 is 0 Å². The van der Waals surface area contributed by atoms with Crippen LogP contribution in [-0.4, -0.2) is 31.8 Å². The quantitative estimate of drug-likeness (QED) is 0.562. The number of esters is 1. The molecule has 21 heavy (non-hydrogen) atoms. The Morgan fingerprint density at radius 2 is 2.14 bits per heavy atom. The van der Waals surface area contributed by atoms with Crippen molar-refractivity contribution in [3.8, 4) is 5.75 Å². The number of likely N-dealkylation sites (N-methyl/N-ethyl adjacent to an activating group) is 1. The molecule has 1 aromatic carbocycles. The van der Waals surface area contributed by atoms with Gasteiger partial charge in [-0.15, -0.1) is 0 Å². The highest BCUT2D eigenvalue weighted by Gasteiger charge is 2.32. The Hall–Kier alpha value is -1.62. The first-order valence-corrected chi connectivity index (χ1v) is 7.26. The number of hydrogen-bond acceptors (Lipinski definition) is 4. The molecule has 4 nitrogen and oxygen atoms in total. The van der Waals surface area contributed by atoms with E-state index in [1.165, 1.54) is 12.1 Å². The predicted molar refractivity (Wildman–Crippen MR) is 79.8 cm³/mol. The first-order chi connectivity index (χ1) is 10.0. The van der Waals surface area contributed by atoms with Crippen molar-refractivity contribution in [3.05, 3.63) is 30.1 Å². The van der Waals surface area contributed by atoms with Gasteiger partial charge in [-0.1, -0.05) is 6.07 Å². The minimum absolute atomic E-state index is 0.237. The zero-order valence-electron chi connectivity index (χ0n) is 12.9. The van der Waals surface area contributed by atoms with E-state index in [1.54, 1.807) is 26.1 Å². The summed E-state index contributed by atoms with van der Waals surface area (Å²) >= 11 is 0. The van der Waals surface area contributed by atoms with Crippen LogP contribution in [0.15, 0.2) is 24.3 Å². The van der Waals surface area contributed by atoms with Crippen LogP contribution in [0.5, 0.6) is 5.75 Å². The molecule has 0 aliphatic rings. The van der Waals surface area contributed by atoms with Crippen molar-refractivity contribution in [2.24, 2.45) is 0 Å². The van der Waals surface area contributed by atoms with Gasteiger partial charge in [0.05, 0.1) is 13.2 Å². The van der Waals surface area contributed by atoms with Gasteiger partial charge in [0.1, 0.15) is 17.1 Å². The van der Waals surface area contributed by atoms with Gasteiger partial charge >= 0.3 is 5.97 Å². The number of nitrogens with one attached hydrogen (secondary N) is 1. The first kappa shape index (κ1) is 17.4. The fourth-order valence-electron chi connectivity index (χ4n) is 1.95. The lowest BCUT2D eigenvalue weighted by Crippen LogP contribution is -2.48. The summed E-state index contributed by atoms with van der Waals surface area (Å²) in [5.41, 5.74) is -0.672. The third-order valence-electron chi connectivity index (χ3n) is 3.41. The van der Waals surface area contributed by atoms with Crippen LogP contribution in [0.2, 0.25) is 0 Å². The average Bonchev–Trinajstić information content (AvgIpc) is 2.47. The summed E-state index contributed by atoms with van der Waals surface area (Å²) in [6, 6.07) is 6.07. The molecule has 1 atom stereocenters. The van der Waals surface area contributed by atoms with E-state index in [0.29, 0.717) is 25.4 Å². The van der Waals surface area contributed by atoms with Gasteiger partial charge in [0.15, 0.2) is 0 Å². The van der Waals surface area contributed by atoms with Crippen molar-refractivity contribution in [3.63, 3.8) is 0 Å². The number of ether oxygens (including phenoxy) is 2. The maximum atomic E-state index is 13.0. The third-order valence-corrected chi connectivity index (χ3v) is 3.41. The van der Waals surface area contributed by atoms with Crippen molar-refractivity contribution in [2.75, 3.05) is 20.3 Å². The largest absolute Gasteiger partial charge is 0.493 e. The molecule has 0 aliphatic carbocycles. The van der Waals surface area contributed by atoms with Gasteiger partial charge in [-0.05, 0) is 52.3 Å². The van der Waals surface area contributed by atoms with Gasteiger partial charge in [0.2, 0.25) is 0 Å². The van der Waals surface area contributed by atoms with Crippen molar-refractivity contribution in [1.29, 1.82) is 0 Å². The highest BCUT2D eigenvalue weighted by atomic mass is 19.1. The molecular weight excluding hydrogens is 273 g/mol. The average molecular weight is 297 g/mol. The topological polar surface area (TPSA) is 47.6 Å². The zero-order valence-corrected chi connectivity index (χ0v) is 12.9. The standard InChI is InChI=1S/C16H24FNO3/c1-4-20-15(19)16(2,18-3)10-5-6-11-21-14-9-7-8-13(17)12-14/h7-9,12,18H,4-6,10-11H2,1-3H3. The van der Waals surface area contributed by atoms with Gasteiger partial charge in [-0.25, -0.2) is 4.39 Å². The molecule has 118 valence electrons. The summed E-state index contributed by atoms with van der Waals surface area (Å²) in [6.45, 7) is 4.49. The summed E-state index contributed by atoms with van der Waals surface area (Å²) in [5.74, 6) is -0.0205. The zero-order chi connectivity index (χ0) is 15.7. The molecule has 1 rings (SSSR count). The van der Waals surface area contributed by atoms with Crippen molar-refractivity contribution < 1.29 is 18.7 Å². The number of rotatable bonds is 9. The monoisotopic (exact) mass is 297 g/mol. The van der Waals surface area contributed by atoms with E-state index in [1.807, 2.05) is 6.92 Å². The summed E-state index contributed by atoms with van der Waals surface area (Å²) in [7, 11) is 1.75. The molecule has 0 amide bonds. The first-order valence-electron chi connectivity index (χ1n) is 7.26. The summed E-state index contributed by atoms with van der Waals surface area (Å²) < 4.78 is 23.5. The smallest absolute Gasteiger partial charge is 0.326 e. The van der Waals surface area contributed by atoms with E-state index in [9.17, 15) is 9.18 Å². The lowest BCUT2D eigenvalue weighted by molar-refractivity contribution is -0.150. The van der Waals surface area contributed by atoms with Gasteiger partial charge in [0, 0.05) is 6.07 Å². The molecule has 0 bridgehead atoms. The van der Waals surface area contributed by atoms with Gasteiger partial charge in [-0.2, -0.15) is 0 Å². The van der Waals surface area contributed by atoms with Gasteiger partial charge in [-0.3, -0.25) is 4.79 Å². The molecule has 1 N–H and O–H groups in total. The molecular formula is C16H24FNO3. The fraction of sp³-hybridized carbons (Fsp3) is 0.562. The summed E-state index contributed by atoms with van der Waals surface area (Å²) in [4.78, 5) is 11.9. The Balaban J connectivity index is 2.30. The second-order valence-electron chi connectivity index (χ2n) is 5.07. The molecule has 0 aromatic heterocycles. The molecule has 1 aromatic rings. The third kappa shape index (κ3) is 5.71. The molecule has 0 aliphatic heterocycles. The molecule has 0 fully saturated rings. The molecule has 0 saturated heterocycles. The Labute approximate surface area is 125 Å². The molecule has 5 heteroatoms. The van der Waals surface area contributed by atoms with E-state index in [-0.39, 0.29) is 11.8 Å². The molecule has 0 radical (unpaired) electrons. The van der Waals surface area contributed by atoms with Crippen LogP contribution >= 0.6 is 0 Å². The molecule has 0 heterocycles. The molecule has 0 spiro atoms. The van der Waals surface area contributed by atoms with Crippen molar-refractivity contribution in [1.82, 2.24) is 5.32 Å². The molecule has 0 saturated carbocycles. The number of halogens is 1. The predicted octanol–water partition coefficient (Wildman–Crippen LogP) is 2.92. The van der Waals surface area contributed by atoms with Crippen molar-refractivity contribution in [2.45, 2.75) is 38.6 Å². The normalized spacial score (nSPS) is 13.5. The Bertz CT molecular complexity index is 453. The number of benzene rings is 1. The Morgan fingerprint density at radius 1 is 1.38 bits per heavy atom. The van der Waals surface area contributed by atoms with Crippen LogP contribution < -0.4 is 10.1 Å². The SMILES string of the molecule is CCOC(=O)C(C)(CCCCOc1cccc(F)c1)NC. The van der Waals surface area contributed by atoms with Crippen LogP contribution in [0.3, 0.4) is 0 Å². The van der Waals surface area contributed by atoms with Gasteiger partial charge < -0.3 is 14.8 Å². The second kappa shape index (κ2) is 8.62. The Kier molecular flexibility index (Phi) is 7.15. The van der Waals surface area contributed by atoms with Gasteiger partial charge in [0.25, 0.3) is 0 Å². The van der Waals surface area contributed by atoms with Crippen LogP contribution in [0, 0.1) is 5.82 Å². The van der Waals surface area contributed by atoms with Crippen LogP contribution in [0.25, 0.3) is 0 Å². The summed E-state index contributed by atoms with van der Waals surface area (Å²) in [5, 5.41) is 3.01. The lowest BCUT2D eigenvalue weighted by atomic mass is 9.95. The Morgan fingerprint density at radius 3 is 2.76 bits per heavy atom. The molecule has 1 unspecified atom stereocenters. The van der Waals surface area contributed by atoms with E-state index < -0.39 is 5.54 Å². The van der Waals surface area contributed by atoms with Crippen molar-refractivity contribution >= 4 is 5.97 Å². The van der Waals surface area contributed by atoms with E-state index in [4.69, 9.17) is 9.47 Å². The van der Waals surface area contributed by atoms with Crippen LogP contribution in [-0.2, 0) is 9.53 Å². The van der Waals surface area contributed by atoms with Crippen LogP contribution in [0.1, 0.15) is 33.1 Å². The number of carbonyl (C=O) groups is 1. The number of unbranched alkanes of at least 4 members (excludes halogenated alkanes) is 1. The van der Waals surface area contributed by atoms with E-state index in [2.05, 4.69) is 5.32 Å². The van der Waals surface area contributed by atoms with E-state index in [0.717, 1.165) is 12.8 Å². The maximum absolute atomic E-state index is 13.0. The number of hydrogen-bond donors (Lipinski definition) is 1. The van der Waals surface area contributed by atoms with Crippen LogP contribution in [0.4, 0.5) is 4.39 Å².